The second-order valence-electron chi connectivity index (χ2n) is 5.98. The first-order valence-electron chi connectivity index (χ1n) is 8.12. The van der Waals surface area contributed by atoms with Crippen LogP contribution in [-0.2, 0) is 0 Å². The molecule has 1 saturated heterocycles. The normalized spacial score (nSPS) is 15.5. The Hall–Kier alpha value is -2.33. The van der Waals surface area contributed by atoms with Gasteiger partial charge in [0.15, 0.2) is 0 Å². The van der Waals surface area contributed by atoms with Crippen LogP contribution in [0.1, 0.15) is 12.8 Å². The molecule has 0 amide bonds. The van der Waals surface area contributed by atoms with Crippen molar-refractivity contribution in [1.82, 2.24) is 4.90 Å². The SMILES string of the molecule is O=c1c2ccccc2oc2cc(OCCN3CCCC3)ccc12. The molecule has 0 spiro atoms. The van der Waals surface area contributed by atoms with Crippen molar-refractivity contribution in [3.63, 3.8) is 0 Å². The Labute approximate surface area is 134 Å². The second-order valence-corrected chi connectivity index (χ2v) is 5.98. The van der Waals surface area contributed by atoms with E-state index in [1.165, 1.54) is 25.9 Å². The zero-order valence-corrected chi connectivity index (χ0v) is 13.0. The molecular weight excluding hydrogens is 290 g/mol. The van der Waals surface area contributed by atoms with E-state index in [9.17, 15) is 4.79 Å². The predicted octanol–water partition coefficient (Wildman–Crippen LogP) is 3.42. The number of rotatable bonds is 4. The van der Waals surface area contributed by atoms with Gasteiger partial charge in [-0.3, -0.25) is 9.69 Å². The maximum absolute atomic E-state index is 12.5. The third-order valence-electron chi connectivity index (χ3n) is 4.42. The third kappa shape index (κ3) is 2.82. The predicted molar refractivity (Wildman–Crippen MR) is 91.2 cm³/mol. The van der Waals surface area contributed by atoms with Crippen LogP contribution >= 0.6 is 0 Å². The van der Waals surface area contributed by atoms with E-state index >= 15 is 0 Å². The fraction of sp³-hybridized carbons (Fsp3) is 0.316. The van der Waals surface area contributed by atoms with Crippen molar-refractivity contribution in [1.29, 1.82) is 0 Å². The van der Waals surface area contributed by atoms with Crippen molar-refractivity contribution < 1.29 is 9.15 Å². The van der Waals surface area contributed by atoms with Gasteiger partial charge in [0, 0.05) is 12.6 Å². The number of likely N-dealkylation sites (tertiary alicyclic amines) is 1. The molecule has 0 saturated carbocycles. The molecule has 0 unspecified atom stereocenters. The molecule has 0 bridgehead atoms. The lowest BCUT2D eigenvalue weighted by atomic mass is 10.1. The summed E-state index contributed by atoms with van der Waals surface area (Å²) in [5.74, 6) is 0.745. The number of para-hydroxylation sites is 1. The molecule has 1 aromatic heterocycles. The Kier molecular flexibility index (Phi) is 3.75. The minimum absolute atomic E-state index is 0.00506. The van der Waals surface area contributed by atoms with Crippen LogP contribution in [0.3, 0.4) is 0 Å². The Bertz CT molecular complexity index is 894. The molecule has 1 fully saturated rings. The number of nitrogens with zero attached hydrogens (tertiary/aromatic N) is 1. The first-order chi connectivity index (χ1) is 11.3. The summed E-state index contributed by atoms with van der Waals surface area (Å²) in [4.78, 5) is 14.9. The zero-order valence-electron chi connectivity index (χ0n) is 13.0. The zero-order chi connectivity index (χ0) is 15.6. The molecule has 2 aromatic carbocycles. The van der Waals surface area contributed by atoms with E-state index in [-0.39, 0.29) is 5.43 Å². The van der Waals surface area contributed by atoms with E-state index < -0.39 is 0 Å². The topological polar surface area (TPSA) is 42.7 Å². The van der Waals surface area contributed by atoms with Crippen LogP contribution in [0.2, 0.25) is 0 Å². The summed E-state index contributed by atoms with van der Waals surface area (Å²) in [5, 5.41) is 1.21. The van der Waals surface area contributed by atoms with E-state index in [2.05, 4.69) is 4.90 Å². The quantitative estimate of drug-likeness (QED) is 0.693. The Morgan fingerprint density at radius 3 is 2.65 bits per heavy atom. The Morgan fingerprint density at radius 2 is 1.78 bits per heavy atom. The molecule has 3 aromatic rings. The van der Waals surface area contributed by atoms with Gasteiger partial charge in [-0.1, -0.05) is 12.1 Å². The van der Waals surface area contributed by atoms with Gasteiger partial charge in [0.1, 0.15) is 23.5 Å². The van der Waals surface area contributed by atoms with Gasteiger partial charge in [0.2, 0.25) is 5.43 Å². The number of fused-ring (bicyclic) bond motifs is 2. The van der Waals surface area contributed by atoms with Gasteiger partial charge in [0.05, 0.1) is 10.8 Å². The molecule has 1 aliphatic rings. The van der Waals surface area contributed by atoms with Crippen LogP contribution in [0.5, 0.6) is 5.75 Å². The second kappa shape index (κ2) is 6.05. The van der Waals surface area contributed by atoms with Crippen molar-refractivity contribution in [3.05, 3.63) is 52.7 Å². The monoisotopic (exact) mass is 309 g/mol. The minimum Gasteiger partial charge on any atom is -0.492 e. The molecule has 2 heterocycles. The standard InChI is InChI=1S/C19H19NO3/c21-19-15-5-1-2-6-17(15)23-18-13-14(7-8-16(18)19)22-12-11-20-9-3-4-10-20/h1-2,5-8,13H,3-4,9-12H2. The lowest BCUT2D eigenvalue weighted by Gasteiger charge is -2.15. The van der Waals surface area contributed by atoms with Crippen molar-refractivity contribution in [3.8, 4) is 5.75 Å². The van der Waals surface area contributed by atoms with Gasteiger partial charge in [-0.05, 0) is 50.2 Å². The average Bonchev–Trinajstić information content (AvgIpc) is 3.08. The molecule has 4 nitrogen and oxygen atoms in total. The van der Waals surface area contributed by atoms with Crippen LogP contribution in [0.15, 0.2) is 51.7 Å². The highest BCUT2D eigenvalue weighted by Crippen LogP contribution is 2.22. The summed E-state index contributed by atoms with van der Waals surface area (Å²) in [6, 6.07) is 12.8. The highest BCUT2D eigenvalue weighted by Gasteiger charge is 2.11. The molecule has 4 rings (SSSR count). The van der Waals surface area contributed by atoms with Crippen molar-refractivity contribution in [2.24, 2.45) is 0 Å². The van der Waals surface area contributed by atoms with Gasteiger partial charge in [-0.2, -0.15) is 0 Å². The van der Waals surface area contributed by atoms with Crippen molar-refractivity contribution in [2.45, 2.75) is 12.8 Å². The Balaban J connectivity index is 1.59. The first kappa shape index (κ1) is 14.3. The molecule has 0 atom stereocenters. The van der Waals surface area contributed by atoms with Crippen LogP contribution in [-0.4, -0.2) is 31.1 Å². The van der Waals surface area contributed by atoms with Crippen molar-refractivity contribution in [2.75, 3.05) is 26.2 Å². The smallest absolute Gasteiger partial charge is 0.200 e. The van der Waals surface area contributed by atoms with E-state index in [4.69, 9.17) is 9.15 Å². The highest BCUT2D eigenvalue weighted by molar-refractivity contribution is 5.90. The maximum atomic E-state index is 12.5. The molecule has 0 aliphatic carbocycles. The van der Waals surface area contributed by atoms with E-state index in [0.717, 1.165) is 12.3 Å². The summed E-state index contributed by atoms with van der Waals surface area (Å²) < 4.78 is 11.7. The van der Waals surface area contributed by atoms with E-state index in [1.807, 2.05) is 30.3 Å². The number of hydrogen-bond acceptors (Lipinski definition) is 4. The highest BCUT2D eigenvalue weighted by atomic mass is 16.5. The first-order valence-corrected chi connectivity index (χ1v) is 8.12. The van der Waals surface area contributed by atoms with Gasteiger partial charge < -0.3 is 9.15 Å². The lowest BCUT2D eigenvalue weighted by Crippen LogP contribution is -2.25. The summed E-state index contributed by atoms with van der Waals surface area (Å²) in [6.07, 6.45) is 2.57. The summed E-state index contributed by atoms with van der Waals surface area (Å²) >= 11 is 0. The lowest BCUT2D eigenvalue weighted by molar-refractivity contribution is 0.238. The van der Waals surface area contributed by atoms with E-state index in [1.54, 1.807) is 12.1 Å². The molecule has 4 heteroatoms. The molecule has 23 heavy (non-hydrogen) atoms. The number of hydrogen-bond donors (Lipinski definition) is 0. The van der Waals surface area contributed by atoms with Crippen LogP contribution < -0.4 is 10.2 Å². The molecule has 118 valence electrons. The Morgan fingerprint density at radius 1 is 1.00 bits per heavy atom. The molecule has 0 N–H and O–H groups in total. The largest absolute Gasteiger partial charge is 0.492 e. The van der Waals surface area contributed by atoms with Crippen LogP contribution in [0, 0.1) is 0 Å². The third-order valence-corrected chi connectivity index (χ3v) is 4.42. The number of benzene rings is 2. The van der Waals surface area contributed by atoms with Crippen LogP contribution in [0.25, 0.3) is 21.9 Å². The van der Waals surface area contributed by atoms with Crippen molar-refractivity contribution >= 4 is 21.9 Å². The molecule has 0 radical (unpaired) electrons. The maximum Gasteiger partial charge on any atom is 0.200 e. The number of ether oxygens (including phenoxy) is 1. The summed E-state index contributed by atoms with van der Waals surface area (Å²) in [7, 11) is 0. The minimum atomic E-state index is 0.00506. The fourth-order valence-electron chi connectivity index (χ4n) is 3.17. The van der Waals surface area contributed by atoms with Gasteiger partial charge in [0.25, 0.3) is 0 Å². The van der Waals surface area contributed by atoms with Gasteiger partial charge in [-0.15, -0.1) is 0 Å². The summed E-state index contributed by atoms with van der Waals surface area (Å²) in [5.41, 5.74) is 1.19. The van der Waals surface area contributed by atoms with Gasteiger partial charge >= 0.3 is 0 Å². The summed E-state index contributed by atoms with van der Waals surface area (Å²) in [6.45, 7) is 3.94. The molecule has 1 aliphatic heterocycles. The van der Waals surface area contributed by atoms with E-state index in [0.29, 0.717) is 28.5 Å². The van der Waals surface area contributed by atoms with Gasteiger partial charge in [-0.25, -0.2) is 0 Å². The molecular formula is C19H19NO3. The van der Waals surface area contributed by atoms with Crippen LogP contribution in [0.4, 0.5) is 0 Å². The average molecular weight is 309 g/mol. The fourth-order valence-corrected chi connectivity index (χ4v) is 3.17.